The molecule has 1 saturated heterocycles. The number of rotatable bonds is 4. The number of hydrogen-bond donors (Lipinski definition) is 2. The molecular weight excluding hydrogens is 262 g/mol. The Balaban J connectivity index is 1.79. The minimum atomic E-state index is -0.118. The third kappa shape index (κ3) is 5.50. The van der Waals surface area contributed by atoms with Gasteiger partial charge in [-0.15, -0.1) is 0 Å². The standard InChI is InChI=1S/C17H33N3O/c1-3-18-17(20-11-8-16(21)9-12-20)19-10-7-15-6-4-5-14(2)13-15/h14-16,21H,3-13H2,1-2H3,(H,18,19). The SMILES string of the molecule is CCNC(=NCCC1CCCC(C)C1)N1CCC(O)CC1. The summed E-state index contributed by atoms with van der Waals surface area (Å²) in [7, 11) is 0. The highest BCUT2D eigenvalue weighted by molar-refractivity contribution is 5.80. The van der Waals surface area contributed by atoms with E-state index in [-0.39, 0.29) is 6.10 Å². The van der Waals surface area contributed by atoms with Crippen LogP contribution >= 0.6 is 0 Å². The summed E-state index contributed by atoms with van der Waals surface area (Å²) in [5, 5.41) is 13.0. The predicted octanol–water partition coefficient (Wildman–Crippen LogP) is 2.63. The topological polar surface area (TPSA) is 47.9 Å². The molecule has 0 spiro atoms. The fourth-order valence-electron chi connectivity index (χ4n) is 3.68. The van der Waals surface area contributed by atoms with Gasteiger partial charge in [-0.1, -0.05) is 26.2 Å². The molecule has 21 heavy (non-hydrogen) atoms. The van der Waals surface area contributed by atoms with E-state index in [1.807, 2.05) is 0 Å². The normalized spacial score (nSPS) is 28.7. The van der Waals surface area contributed by atoms with Crippen LogP contribution in [-0.2, 0) is 0 Å². The van der Waals surface area contributed by atoms with Crippen LogP contribution in [0.5, 0.6) is 0 Å². The summed E-state index contributed by atoms with van der Waals surface area (Å²) in [6, 6.07) is 0. The molecule has 0 bridgehead atoms. The van der Waals surface area contributed by atoms with Crippen molar-refractivity contribution in [3.05, 3.63) is 0 Å². The van der Waals surface area contributed by atoms with Crippen molar-refractivity contribution >= 4 is 5.96 Å². The molecule has 4 nitrogen and oxygen atoms in total. The monoisotopic (exact) mass is 295 g/mol. The lowest BCUT2D eigenvalue weighted by Gasteiger charge is -2.32. The number of nitrogens with one attached hydrogen (secondary N) is 1. The number of piperidine rings is 1. The molecule has 1 aliphatic carbocycles. The average Bonchev–Trinajstić information content (AvgIpc) is 2.47. The molecule has 2 aliphatic rings. The highest BCUT2D eigenvalue weighted by Crippen LogP contribution is 2.30. The van der Waals surface area contributed by atoms with Gasteiger partial charge in [-0.05, 0) is 44.4 Å². The van der Waals surface area contributed by atoms with Crippen LogP contribution in [0.15, 0.2) is 4.99 Å². The Bertz CT molecular complexity index is 324. The largest absolute Gasteiger partial charge is 0.393 e. The number of guanidine groups is 1. The van der Waals surface area contributed by atoms with Crippen LogP contribution in [0, 0.1) is 11.8 Å². The summed E-state index contributed by atoms with van der Waals surface area (Å²) >= 11 is 0. The zero-order valence-electron chi connectivity index (χ0n) is 13.9. The summed E-state index contributed by atoms with van der Waals surface area (Å²) in [6.45, 7) is 8.22. The molecule has 2 atom stereocenters. The Kier molecular flexibility index (Phi) is 6.81. The van der Waals surface area contributed by atoms with Crippen molar-refractivity contribution in [1.29, 1.82) is 0 Å². The lowest BCUT2D eigenvalue weighted by molar-refractivity contribution is 0.108. The van der Waals surface area contributed by atoms with Crippen LogP contribution in [0.3, 0.4) is 0 Å². The quantitative estimate of drug-likeness (QED) is 0.619. The molecule has 0 aromatic heterocycles. The minimum absolute atomic E-state index is 0.118. The number of aliphatic hydroxyl groups is 1. The lowest BCUT2D eigenvalue weighted by Crippen LogP contribution is -2.46. The second-order valence-corrected chi connectivity index (χ2v) is 6.88. The van der Waals surface area contributed by atoms with E-state index in [1.54, 1.807) is 0 Å². The van der Waals surface area contributed by atoms with Crippen molar-refractivity contribution in [3.63, 3.8) is 0 Å². The zero-order chi connectivity index (χ0) is 15.1. The summed E-state index contributed by atoms with van der Waals surface area (Å²) in [5.41, 5.74) is 0. The van der Waals surface area contributed by atoms with Crippen LogP contribution in [0.4, 0.5) is 0 Å². The van der Waals surface area contributed by atoms with Crippen LogP contribution in [0.25, 0.3) is 0 Å². The van der Waals surface area contributed by atoms with E-state index < -0.39 is 0 Å². The number of nitrogens with zero attached hydrogens (tertiary/aromatic N) is 2. The maximum absolute atomic E-state index is 9.62. The van der Waals surface area contributed by atoms with Gasteiger partial charge in [-0.3, -0.25) is 4.99 Å². The smallest absolute Gasteiger partial charge is 0.193 e. The van der Waals surface area contributed by atoms with Crippen LogP contribution in [-0.4, -0.2) is 48.2 Å². The van der Waals surface area contributed by atoms with E-state index in [2.05, 4.69) is 24.1 Å². The van der Waals surface area contributed by atoms with Crippen molar-refractivity contribution in [2.45, 2.75) is 64.9 Å². The van der Waals surface area contributed by atoms with E-state index in [0.29, 0.717) is 0 Å². The van der Waals surface area contributed by atoms with Gasteiger partial charge in [-0.2, -0.15) is 0 Å². The van der Waals surface area contributed by atoms with Crippen molar-refractivity contribution in [2.24, 2.45) is 16.8 Å². The molecule has 0 radical (unpaired) electrons. The molecular formula is C17H33N3O. The first-order chi connectivity index (χ1) is 10.2. The van der Waals surface area contributed by atoms with Crippen LogP contribution < -0.4 is 5.32 Å². The van der Waals surface area contributed by atoms with E-state index in [1.165, 1.54) is 32.1 Å². The molecule has 0 aromatic carbocycles. The predicted molar refractivity (Wildman–Crippen MR) is 88.5 cm³/mol. The Morgan fingerprint density at radius 3 is 2.67 bits per heavy atom. The Labute approximate surface area is 130 Å². The van der Waals surface area contributed by atoms with E-state index >= 15 is 0 Å². The van der Waals surface area contributed by atoms with E-state index in [9.17, 15) is 5.11 Å². The number of aliphatic hydroxyl groups excluding tert-OH is 1. The van der Waals surface area contributed by atoms with E-state index in [4.69, 9.17) is 4.99 Å². The van der Waals surface area contributed by atoms with Crippen molar-refractivity contribution < 1.29 is 5.11 Å². The molecule has 2 rings (SSSR count). The summed E-state index contributed by atoms with van der Waals surface area (Å²) in [4.78, 5) is 7.14. The Morgan fingerprint density at radius 1 is 1.24 bits per heavy atom. The number of hydrogen-bond acceptors (Lipinski definition) is 2. The van der Waals surface area contributed by atoms with Crippen LogP contribution in [0.1, 0.15) is 58.8 Å². The summed E-state index contributed by atoms with van der Waals surface area (Å²) in [5.74, 6) is 2.83. The van der Waals surface area contributed by atoms with Gasteiger partial charge in [0.2, 0.25) is 0 Å². The molecule has 2 fully saturated rings. The summed E-state index contributed by atoms with van der Waals surface area (Å²) < 4.78 is 0. The number of aliphatic imine (C=N–C) groups is 1. The van der Waals surface area contributed by atoms with Gasteiger partial charge in [0.25, 0.3) is 0 Å². The first-order valence-corrected chi connectivity index (χ1v) is 8.90. The molecule has 1 heterocycles. The fraction of sp³-hybridized carbons (Fsp3) is 0.941. The Hall–Kier alpha value is -0.770. The fourth-order valence-corrected chi connectivity index (χ4v) is 3.68. The number of likely N-dealkylation sites (tertiary alicyclic amines) is 1. The van der Waals surface area contributed by atoms with Gasteiger partial charge >= 0.3 is 0 Å². The highest BCUT2D eigenvalue weighted by atomic mass is 16.3. The molecule has 2 N–H and O–H groups in total. The maximum Gasteiger partial charge on any atom is 0.193 e. The van der Waals surface area contributed by atoms with Crippen LogP contribution in [0.2, 0.25) is 0 Å². The van der Waals surface area contributed by atoms with Gasteiger partial charge in [0.1, 0.15) is 0 Å². The maximum atomic E-state index is 9.62. The minimum Gasteiger partial charge on any atom is -0.393 e. The van der Waals surface area contributed by atoms with Gasteiger partial charge in [-0.25, -0.2) is 0 Å². The first-order valence-electron chi connectivity index (χ1n) is 8.90. The third-order valence-corrected chi connectivity index (χ3v) is 4.94. The molecule has 1 saturated carbocycles. The molecule has 1 aliphatic heterocycles. The zero-order valence-corrected chi connectivity index (χ0v) is 13.9. The van der Waals surface area contributed by atoms with Crippen molar-refractivity contribution in [2.75, 3.05) is 26.2 Å². The third-order valence-electron chi connectivity index (χ3n) is 4.94. The highest BCUT2D eigenvalue weighted by Gasteiger charge is 2.21. The summed E-state index contributed by atoms with van der Waals surface area (Å²) in [6.07, 6.45) is 8.45. The molecule has 2 unspecified atom stereocenters. The van der Waals surface area contributed by atoms with Crippen molar-refractivity contribution in [1.82, 2.24) is 10.2 Å². The van der Waals surface area contributed by atoms with Gasteiger partial charge in [0, 0.05) is 26.2 Å². The van der Waals surface area contributed by atoms with E-state index in [0.717, 1.165) is 56.8 Å². The molecule has 4 heteroatoms. The van der Waals surface area contributed by atoms with Gasteiger partial charge < -0.3 is 15.3 Å². The second-order valence-electron chi connectivity index (χ2n) is 6.88. The molecule has 0 amide bonds. The molecule has 122 valence electrons. The second kappa shape index (κ2) is 8.62. The molecule has 0 aromatic rings. The van der Waals surface area contributed by atoms with Gasteiger partial charge in [0.05, 0.1) is 6.10 Å². The Morgan fingerprint density at radius 2 is 2.00 bits per heavy atom. The van der Waals surface area contributed by atoms with Crippen molar-refractivity contribution in [3.8, 4) is 0 Å². The first kappa shape index (κ1) is 16.6. The van der Waals surface area contributed by atoms with Gasteiger partial charge in [0.15, 0.2) is 5.96 Å². The lowest BCUT2D eigenvalue weighted by atomic mass is 9.81. The average molecular weight is 295 g/mol.